The molecule has 0 bridgehead atoms. The van der Waals surface area contributed by atoms with Gasteiger partial charge in [0.1, 0.15) is 30.3 Å². The maximum absolute atomic E-state index is 14.4. The smallest absolute Gasteiger partial charge is 0.326 e. The van der Waals surface area contributed by atoms with Crippen LogP contribution in [-0.4, -0.2) is 70.6 Å². The van der Waals surface area contributed by atoms with Gasteiger partial charge < -0.3 is 26.0 Å². The molecule has 1 saturated heterocycles. The minimum atomic E-state index is -1.25. The third-order valence-corrected chi connectivity index (χ3v) is 11.5. The molecule has 0 radical (unpaired) electrons. The highest BCUT2D eigenvalue weighted by atomic mass is 32.2. The first-order chi connectivity index (χ1) is 27.2. The number of benzene rings is 3. The molecule has 0 unspecified atom stereocenters. The van der Waals surface area contributed by atoms with Crippen molar-refractivity contribution in [1.82, 2.24) is 26.3 Å². The lowest BCUT2D eigenvalue weighted by Gasteiger charge is -2.37. The molecule has 6 rings (SSSR count). The Bertz CT molecular complexity index is 1900. The van der Waals surface area contributed by atoms with E-state index in [4.69, 9.17) is 4.74 Å². The fourth-order valence-corrected chi connectivity index (χ4v) is 8.34. The van der Waals surface area contributed by atoms with Crippen LogP contribution in [0.4, 0.5) is 0 Å². The van der Waals surface area contributed by atoms with Crippen molar-refractivity contribution in [3.63, 3.8) is 0 Å². The minimum absolute atomic E-state index is 0.0838. The number of allylic oxidation sites excluding steroid dienone is 1. The standard InChI is InChI=1S/C44H47N5O6S/c1-2-3-7-20-35-28-38(50)47-36(27-31-21-25-45-26-22-31)40(52)48-37(41(53)49-43(23-24-43)42(54)46-29-39(51)55-35)30-56-44(32-14-8-4-9-15-32,33-16-10-5-11-17-33)34-18-12-6-13-19-34/h4-22,25-26,35-37H,2-3,23-24,27-30H2,1H3,(H,46,54)(H,47,50)(H,48,52)(H,49,53)/b20-7+/t35-,36-,37-/m1/s1. The topological polar surface area (TPSA) is 156 Å². The number of rotatable bonds is 11. The van der Waals surface area contributed by atoms with Gasteiger partial charge in [0.05, 0.1) is 11.2 Å². The van der Waals surface area contributed by atoms with Gasteiger partial charge in [-0.25, -0.2) is 0 Å². The molecular formula is C44H47N5O6S. The van der Waals surface area contributed by atoms with Gasteiger partial charge in [0.15, 0.2) is 0 Å². The summed E-state index contributed by atoms with van der Waals surface area (Å²) in [5.41, 5.74) is 2.40. The molecule has 1 aliphatic carbocycles. The molecule has 3 atom stereocenters. The number of nitrogens with one attached hydrogen (secondary N) is 4. The SMILES string of the molecule is CCC/C=C/[C@@H]1CC(=O)N[C@H](Cc2ccncc2)C(=O)N[C@H](CSC(c2ccccc2)(c2ccccc2)c2ccccc2)C(=O)NC2(CC2)C(=O)NCC(=O)O1. The number of nitrogens with zero attached hydrogens (tertiary/aromatic N) is 1. The Morgan fingerprint density at radius 2 is 1.38 bits per heavy atom. The summed E-state index contributed by atoms with van der Waals surface area (Å²) >= 11 is 1.49. The molecular weight excluding hydrogens is 727 g/mol. The molecule has 1 aromatic heterocycles. The summed E-state index contributed by atoms with van der Waals surface area (Å²) in [6, 6.07) is 31.2. The zero-order valence-electron chi connectivity index (χ0n) is 31.3. The quantitative estimate of drug-likeness (QED) is 0.0968. The van der Waals surface area contributed by atoms with Crippen LogP contribution in [0.15, 0.2) is 128 Å². The molecule has 2 fully saturated rings. The van der Waals surface area contributed by atoms with E-state index >= 15 is 0 Å². The Morgan fingerprint density at radius 3 is 1.93 bits per heavy atom. The number of carbonyl (C=O) groups excluding carboxylic acids is 5. The molecule has 3 aromatic carbocycles. The fraction of sp³-hybridized carbons (Fsp3) is 0.318. The second-order valence-electron chi connectivity index (χ2n) is 14.0. The van der Waals surface area contributed by atoms with Crippen LogP contribution in [0.5, 0.6) is 0 Å². The summed E-state index contributed by atoms with van der Waals surface area (Å²) in [4.78, 5) is 73.0. The molecule has 1 saturated carbocycles. The third kappa shape index (κ3) is 9.91. The molecule has 12 heteroatoms. The monoisotopic (exact) mass is 773 g/mol. The number of esters is 1. The predicted molar refractivity (Wildman–Crippen MR) is 215 cm³/mol. The summed E-state index contributed by atoms with van der Waals surface area (Å²) in [5, 5.41) is 11.4. The van der Waals surface area contributed by atoms with Gasteiger partial charge in [-0.3, -0.25) is 29.0 Å². The van der Waals surface area contributed by atoms with Crippen molar-refractivity contribution in [2.45, 2.75) is 73.9 Å². The van der Waals surface area contributed by atoms with Crippen molar-refractivity contribution < 1.29 is 28.7 Å². The highest BCUT2D eigenvalue weighted by molar-refractivity contribution is 8.00. The number of hydrogen-bond acceptors (Lipinski definition) is 8. The first-order valence-corrected chi connectivity index (χ1v) is 20.0. The largest absolute Gasteiger partial charge is 0.456 e. The lowest BCUT2D eigenvalue weighted by molar-refractivity contribution is -0.148. The van der Waals surface area contributed by atoms with E-state index in [0.717, 1.165) is 28.7 Å². The Hall–Kier alpha value is -5.75. The average Bonchev–Trinajstić information content (AvgIpc) is 4.01. The van der Waals surface area contributed by atoms with Crippen LogP contribution in [0.2, 0.25) is 0 Å². The molecule has 56 heavy (non-hydrogen) atoms. The van der Waals surface area contributed by atoms with Gasteiger partial charge in [-0.05, 0) is 59.7 Å². The number of hydrogen-bond donors (Lipinski definition) is 4. The molecule has 4 aromatic rings. The first-order valence-electron chi connectivity index (χ1n) is 19.0. The Balaban J connectivity index is 1.38. The van der Waals surface area contributed by atoms with Crippen molar-refractivity contribution in [2.24, 2.45) is 0 Å². The summed E-state index contributed by atoms with van der Waals surface area (Å²) in [6.45, 7) is 1.56. The molecule has 1 aliphatic heterocycles. The van der Waals surface area contributed by atoms with Gasteiger partial charge in [0, 0.05) is 24.6 Å². The highest BCUT2D eigenvalue weighted by Crippen LogP contribution is 2.48. The summed E-state index contributed by atoms with van der Waals surface area (Å²) in [7, 11) is 0. The van der Waals surface area contributed by atoms with Crippen molar-refractivity contribution in [2.75, 3.05) is 12.3 Å². The van der Waals surface area contributed by atoms with E-state index in [1.807, 2.05) is 104 Å². The fourth-order valence-electron chi connectivity index (χ4n) is 6.78. The molecule has 2 aliphatic rings. The number of ether oxygens (including phenoxy) is 1. The Morgan fingerprint density at radius 1 is 0.786 bits per heavy atom. The first kappa shape index (κ1) is 39.9. The third-order valence-electron chi connectivity index (χ3n) is 9.90. The van der Waals surface area contributed by atoms with Crippen LogP contribution in [0.1, 0.15) is 61.3 Å². The lowest BCUT2D eigenvalue weighted by Crippen LogP contribution is -2.59. The number of thioether (sulfide) groups is 1. The molecule has 1 spiro atoms. The number of carbonyl (C=O) groups is 5. The number of pyridine rings is 1. The van der Waals surface area contributed by atoms with Gasteiger partial charge >= 0.3 is 5.97 Å². The second kappa shape index (κ2) is 18.7. The lowest BCUT2D eigenvalue weighted by atomic mass is 9.84. The van der Waals surface area contributed by atoms with E-state index in [9.17, 15) is 24.0 Å². The van der Waals surface area contributed by atoms with Crippen molar-refractivity contribution >= 4 is 41.4 Å². The zero-order chi connectivity index (χ0) is 39.4. The molecule has 11 nitrogen and oxygen atoms in total. The summed E-state index contributed by atoms with van der Waals surface area (Å²) < 4.78 is 4.78. The molecule has 2 heterocycles. The van der Waals surface area contributed by atoms with Crippen LogP contribution in [0.3, 0.4) is 0 Å². The molecule has 4 amide bonds. The number of unbranched alkanes of at least 4 members (excludes halogenated alkanes) is 1. The molecule has 4 N–H and O–H groups in total. The number of cyclic esters (lactones) is 1. The van der Waals surface area contributed by atoms with E-state index in [-0.39, 0.29) is 18.6 Å². The van der Waals surface area contributed by atoms with E-state index in [0.29, 0.717) is 19.3 Å². The van der Waals surface area contributed by atoms with Crippen molar-refractivity contribution in [3.8, 4) is 0 Å². The van der Waals surface area contributed by atoms with Crippen LogP contribution in [0.25, 0.3) is 0 Å². The van der Waals surface area contributed by atoms with Crippen LogP contribution in [-0.2, 0) is 39.9 Å². The van der Waals surface area contributed by atoms with Gasteiger partial charge in [-0.1, -0.05) is 110 Å². The Labute approximate surface area is 331 Å². The van der Waals surface area contributed by atoms with Gasteiger partial charge in [-0.2, -0.15) is 0 Å². The van der Waals surface area contributed by atoms with Crippen LogP contribution < -0.4 is 21.3 Å². The van der Waals surface area contributed by atoms with Gasteiger partial charge in [-0.15, -0.1) is 11.8 Å². The maximum Gasteiger partial charge on any atom is 0.326 e. The van der Waals surface area contributed by atoms with Crippen LogP contribution in [0, 0.1) is 0 Å². The molecule has 290 valence electrons. The normalized spacial score (nSPS) is 20.7. The van der Waals surface area contributed by atoms with Gasteiger partial charge in [0.2, 0.25) is 23.6 Å². The summed E-state index contributed by atoms with van der Waals surface area (Å²) in [5.74, 6) is -2.85. The van der Waals surface area contributed by atoms with Gasteiger partial charge in [0.25, 0.3) is 0 Å². The van der Waals surface area contributed by atoms with E-state index in [2.05, 4.69) is 26.3 Å². The number of aromatic nitrogens is 1. The Kier molecular flexibility index (Phi) is 13.4. The number of amides is 4. The van der Waals surface area contributed by atoms with E-state index < -0.39 is 64.6 Å². The highest BCUT2D eigenvalue weighted by Gasteiger charge is 2.52. The maximum atomic E-state index is 14.4. The summed E-state index contributed by atoms with van der Waals surface area (Å²) in [6.07, 6.45) is 7.89. The van der Waals surface area contributed by atoms with E-state index in [1.165, 1.54) is 11.8 Å². The minimum Gasteiger partial charge on any atom is -0.456 e. The van der Waals surface area contributed by atoms with Crippen molar-refractivity contribution in [1.29, 1.82) is 0 Å². The van der Waals surface area contributed by atoms with Crippen molar-refractivity contribution in [3.05, 3.63) is 150 Å². The average molecular weight is 774 g/mol. The van der Waals surface area contributed by atoms with E-state index in [1.54, 1.807) is 30.6 Å². The zero-order valence-corrected chi connectivity index (χ0v) is 32.1. The second-order valence-corrected chi connectivity index (χ2v) is 15.3. The van der Waals surface area contributed by atoms with Crippen LogP contribution >= 0.6 is 11.8 Å². The predicted octanol–water partition coefficient (Wildman–Crippen LogP) is 4.76.